The Kier molecular flexibility index (Phi) is 9.27. The zero-order chi connectivity index (χ0) is 21.0. The van der Waals surface area contributed by atoms with E-state index in [4.69, 9.17) is 9.15 Å². The van der Waals surface area contributed by atoms with Crippen LogP contribution in [0.4, 0.5) is 0 Å². The number of ether oxygens (including phenoxy) is 1. The highest BCUT2D eigenvalue weighted by Gasteiger charge is 2.17. The van der Waals surface area contributed by atoms with Crippen molar-refractivity contribution in [3.05, 3.63) is 60.2 Å². The molecular weight excluding hydrogens is 402 g/mol. The minimum Gasteiger partial charge on any atom is -0.473 e. The van der Waals surface area contributed by atoms with Crippen LogP contribution >= 0.6 is 11.8 Å². The van der Waals surface area contributed by atoms with Crippen LogP contribution in [0, 0.1) is 0 Å². The summed E-state index contributed by atoms with van der Waals surface area (Å²) in [4.78, 5) is 18.4. The summed E-state index contributed by atoms with van der Waals surface area (Å²) in [5, 5.41) is 12.5. The second-order valence-electron chi connectivity index (χ2n) is 7.22. The van der Waals surface area contributed by atoms with Gasteiger partial charge in [-0.15, -0.1) is 11.8 Å². The zero-order valence-electron chi connectivity index (χ0n) is 17.0. The van der Waals surface area contributed by atoms with Gasteiger partial charge in [-0.25, -0.2) is 4.98 Å². The quantitative estimate of drug-likeness (QED) is 0.529. The number of nitrogens with zero attached hydrogens (tertiary/aromatic N) is 2. The SMILES string of the molecule is O=C(CSCc1ccoc1)NC/C=C/COc1cc(CN2CCC(O)CC2)ccn1. The number of aromatic nitrogens is 1. The number of hydrogen-bond donors (Lipinski definition) is 2. The summed E-state index contributed by atoms with van der Waals surface area (Å²) < 4.78 is 10.7. The van der Waals surface area contributed by atoms with Crippen molar-refractivity contribution < 1.29 is 19.1 Å². The van der Waals surface area contributed by atoms with E-state index in [1.807, 2.05) is 30.4 Å². The number of carbonyl (C=O) groups is 1. The zero-order valence-corrected chi connectivity index (χ0v) is 17.9. The smallest absolute Gasteiger partial charge is 0.230 e. The third-order valence-corrected chi connectivity index (χ3v) is 5.76. The molecule has 0 atom stereocenters. The van der Waals surface area contributed by atoms with Crippen molar-refractivity contribution in [2.24, 2.45) is 0 Å². The Bertz CT molecular complexity index is 789. The molecule has 0 spiro atoms. The van der Waals surface area contributed by atoms with Crippen molar-refractivity contribution in [2.75, 3.05) is 32.0 Å². The molecule has 162 valence electrons. The molecule has 30 heavy (non-hydrogen) atoms. The molecule has 1 saturated heterocycles. The van der Waals surface area contributed by atoms with Crippen LogP contribution in [0.3, 0.4) is 0 Å². The fourth-order valence-corrected chi connectivity index (χ4v) is 3.90. The molecule has 0 aromatic carbocycles. The number of pyridine rings is 1. The van der Waals surface area contributed by atoms with Gasteiger partial charge >= 0.3 is 0 Å². The average molecular weight is 432 g/mol. The maximum absolute atomic E-state index is 11.8. The summed E-state index contributed by atoms with van der Waals surface area (Å²) in [5.74, 6) is 1.78. The Morgan fingerprint density at radius 2 is 2.20 bits per heavy atom. The molecule has 3 rings (SSSR count). The number of hydrogen-bond acceptors (Lipinski definition) is 7. The third kappa shape index (κ3) is 8.22. The maximum Gasteiger partial charge on any atom is 0.230 e. The molecule has 0 unspecified atom stereocenters. The van der Waals surface area contributed by atoms with Crippen molar-refractivity contribution in [3.8, 4) is 5.88 Å². The molecule has 1 amide bonds. The number of thioether (sulfide) groups is 1. The van der Waals surface area contributed by atoms with Gasteiger partial charge in [-0.2, -0.15) is 0 Å². The number of furan rings is 1. The number of rotatable bonds is 11. The first-order chi connectivity index (χ1) is 14.7. The van der Waals surface area contributed by atoms with Gasteiger partial charge in [-0.05, 0) is 36.6 Å². The number of nitrogens with one attached hydrogen (secondary N) is 1. The molecular formula is C22H29N3O4S. The normalized spacial score (nSPS) is 15.5. The van der Waals surface area contributed by atoms with Gasteiger partial charge in [0.2, 0.25) is 11.8 Å². The molecule has 3 heterocycles. The Balaban J connectivity index is 1.28. The summed E-state index contributed by atoms with van der Waals surface area (Å²) in [6.07, 6.45) is 10.3. The Labute approximate surface area is 181 Å². The van der Waals surface area contributed by atoms with E-state index in [9.17, 15) is 9.90 Å². The third-order valence-electron chi connectivity index (χ3n) is 4.76. The van der Waals surface area contributed by atoms with Crippen molar-refractivity contribution in [3.63, 3.8) is 0 Å². The van der Waals surface area contributed by atoms with E-state index in [0.29, 0.717) is 24.8 Å². The number of piperidine rings is 1. The van der Waals surface area contributed by atoms with Crippen LogP contribution in [0.1, 0.15) is 24.0 Å². The van der Waals surface area contributed by atoms with Crippen LogP contribution in [0.15, 0.2) is 53.5 Å². The van der Waals surface area contributed by atoms with Crippen LogP contribution in [0.5, 0.6) is 5.88 Å². The molecule has 0 radical (unpaired) electrons. The summed E-state index contributed by atoms with van der Waals surface area (Å²) in [5.41, 5.74) is 2.23. The average Bonchev–Trinajstić information content (AvgIpc) is 3.26. The van der Waals surface area contributed by atoms with E-state index < -0.39 is 0 Å². The monoisotopic (exact) mass is 431 g/mol. The van der Waals surface area contributed by atoms with Crippen LogP contribution in [-0.4, -0.2) is 59.0 Å². The number of aliphatic hydroxyl groups is 1. The molecule has 1 fully saturated rings. The fraction of sp³-hybridized carbons (Fsp3) is 0.455. The molecule has 2 N–H and O–H groups in total. The first-order valence-corrected chi connectivity index (χ1v) is 11.3. The van der Waals surface area contributed by atoms with Crippen LogP contribution in [0.25, 0.3) is 0 Å². The van der Waals surface area contributed by atoms with E-state index in [2.05, 4.69) is 15.2 Å². The minimum atomic E-state index is -0.157. The van der Waals surface area contributed by atoms with Crippen LogP contribution in [0.2, 0.25) is 0 Å². The molecule has 0 bridgehead atoms. The van der Waals surface area contributed by atoms with Gasteiger partial charge in [0.1, 0.15) is 6.61 Å². The highest BCUT2D eigenvalue weighted by Crippen LogP contribution is 2.16. The largest absolute Gasteiger partial charge is 0.473 e. The van der Waals surface area contributed by atoms with Crippen molar-refractivity contribution in [1.82, 2.24) is 15.2 Å². The van der Waals surface area contributed by atoms with E-state index in [1.54, 1.807) is 30.5 Å². The molecule has 1 aliphatic rings. The first-order valence-electron chi connectivity index (χ1n) is 10.2. The van der Waals surface area contributed by atoms with Gasteiger partial charge in [0.05, 0.1) is 24.4 Å². The molecule has 1 aliphatic heterocycles. The molecule has 0 saturated carbocycles. The van der Waals surface area contributed by atoms with E-state index >= 15 is 0 Å². The lowest BCUT2D eigenvalue weighted by Gasteiger charge is -2.29. The van der Waals surface area contributed by atoms with Gasteiger partial charge in [0.25, 0.3) is 0 Å². The number of likely N-dealkylation sites (tertiary alicyclic amines) is 1. The summed E-state index contributed by atoms with van der Waals surface area (Å²) in [6.45, 7) is 3.54. The second-order valence-corrected chi connectivity index (χ2v) is 8.21. The Morgan fingerprint density at radius 3 is 3.00 bits per heavy atom. The predicted octanol–water partition coefficient (Wildman–Crippen LogP) is 2.62. The molecule has 7 nitrogen and oxygen atoms in total. The van der Waals surface area contributed by atoms with Crippen molar-refractivity contribution in [1.29, 1.82) is 0 Å². The van der Waals surface area contributed by atoms with E-state index in [0.717, 1.165) is 49.4 Å². The first kappa shape index (κ1) is 22.4. The summed E-state index contributed by atoms with van der Waals surface area (Å²) in [6, 6.07) is 5.85. The standard InChI is InChI=1S/C22H29N3O4S/c26-20-4-9-25(10-5-20)14-18-3-8-24-22(13-18)29-11-2-1-7-23-21(27)17-30-16-19-6-12-28-15-19/h1-3,6,8,12-13,15,20,26H,4-5,7,9-11,14,16-17H2,(H,23,27)/b2-1+. The molecule has 0 aliphatic carbocycles. The highest BCUT2D eigenvalue weighted by molar-refractivity contribution is 7.99. The minimum absolute atomic E-state index is 0.00802. The highest BCUT2D eigenvalue weighted by atomic mass is 32.2. The van der Waals surface area contributed by atoms with Gasteiger partial charge < -0.3 is 19.6 Å². The van der Waals surface area contributed by atoms with Gasteiger partial charge in [0.15, 0.2) is 0 Å². The second kappa shape index (κ2) is 12.4. The fourth-order valence-electron chi connectivity index (χ4n) is 3.11. The molecule has 2 aromatic heterocycles. The van der Waals surface area contributed by atoms with E-state index in [1.165, 1.54) is 0 Å². The molecule has 2 aromatic rings. The number of carbonyl (C=O) groups excluding carboxylic acids is 1. The van der Waals surface area contributed by atoms with Gasteiger partial charge in [0, 0.05) is 49.8 Å². The predicted molar refractivity (Wildman–Crippen MR) is 117 cm³/mol. The number of amides is 1. The van der Waals surface area contributed by atoms with Crippen LogP contribution < -0.4 is 10.1 Å². The lowest BCUT2D eigenvalue weighted by atomic mass is 10.1. The van der Waals surface area contributed by atoms with E-state index in [-0.39, 0.29) is 12.0 Å². The van der Waals surface area contributed by atoms with Crippen molar-refractivity contribution >= 4 is 17.7 Å². The van der Waals surface area contributed by atoms with Crippen molar-refractivity contribution in [2.45, 2.75) is 31.2 Å². The number of aliphatic hydroxyl groups excluding tert-OH is 1. The molecule has 8 heteroatoms. The van der Waals surface area contributed by atoms with Crippen LogP contribution in [-0.2, 0) is 17.1 Å². The Morgan fingerprint density at radius 1 is 1.33 bits per heavy atom. The van der Waals surface area contributed by atoms with Gasteiger partial charge in [-0.3, -0.25) is 9.69 Å². The topological polar surface area (TPSA) is 87.8 Å². The lowest BCUT2D eigenvalue weighted by Crippen LogP contribution is -2.35. The lowest BCUT2D eigenvalue weighted by molar-refractivity contribution is -0.118. The summed E-state index contributed by atoms with van der Waals surface area (Å²) in [7, 11) is 0. The Hall–Kier alpha value is -2.29. The maximum atomic E-state index is 11.8. The van der Waals surface area contributed by atoms with Gasteiger partial charge in [-0.1, -0.05) is 6.08 Å². The summed E-state index contributed by atoms with van der Waals surface area (Å²) >= 11 is 1.55.